The van der Waals surface area contributed by atoms with Crippen molar-refractivity contribution in [2.45, 2.75) is 19.4 Å². The fraction of sp³-hybridized carbons (Fsp3) is 0.632. The van der Waals surface area contributed by atoms with Crippen LogP contribution in [0.4, 0.5) is 4.39 Å². The van der Waals surface area contributed by atoms with Gasteiger partial charge in [0.05, 0.1) is 13.2 Å². The molecule has 6 heteroatoms. The van der Waals surface area contributed by atoms with Gasteiger partial charge in [-0.2, -0.15) is 0 Å². The smallest absolute Gasteiger partial charge is 0.224 e. The highest BCUT2D eigenvalue weighted by Crippen LogP contribution is 2.23. The maximum atomic E-state index is 13.1. The maximum Gasteiger partial charge on any atom is 0.224 e. The fourth-order valence-corrected chi connectivity index (χ4v) is 3.50. The molecule has 25 heavy (non-hydrogen) atoms. The maximum absolute atomic E-state index is 13.1. The molecule has 0 aliphatic carbocycles. The van der Waals surface area contributed by atoms with E-state index in [-0.39, 0.29) is 17.8 Å². The van der Waals surface area contributed by atoms with E-state index in [2.05, 4.69) is 16.7 Å². The average molecular weight is 349 g/mol. The predicted molar refractivity (Wildman–Crippen MR) is 94.8 cm³/mol. The molecule has 2 aliphatic rings. The molecule has 1 amide bonds. The van der Waals surface area contributed by atoms with Gasteiger partial charge in [0.15, 0.2) is 0 Å². The van der Waals surface area contributed by atoms with Crippen LogP contribution < -0.4 is 0 Å². The van der Waals surface area contributed by atoms with Gasteiger partial charge in [-0.05, 0) is 24.2 Å². The molecule has 0 unspecified atom stereocenters. The number of nitrogens with zero attached hydrogens (tertiary/aromatic N) is 3. The zero-order valence-electron chi connectivity index (χ0n) is 15.0. The van der Waals surface area contributed by atoms with E-state index < -0.39 is 0 Å². The van der Waals surface area contributed by atoms with Gasteiger partial charge in [-0.25, -0.2) is 4.39 Å². The van der Waals surface area contributed by atoms with E-state index in [9.17, 15) is 9.18 Å². The van der Waals surface area contributed by atoms with Crippen LogP contribution in [0.25, 0.3) is 0 Å². The second-order valence-corrected chi connectivity index (χ2v) is 6.78. The van der Waals surface area contributed by atoms with E-state index in [0.717, 1.165) is 44.8 Å². The summed E-state index contributed by atoms with van der Waals surface area (Å²) in [6.07, 6.45) is 0.397. The van der Waals surface area contributed by atoms with Gasteiger partial charge in [0.2, 0.25) is 5.91 Å². The van der Waals surface area contributed by atoms with Gasteiger partial charge in [0.25, 0.3) is 0 Å². The summed E-state index contributed by atoms with van der Waals surface area (Å²) in [7, 11) is 0. The standard InChI is InChI=1S/C19H28FN3O2/c1-2-21-9-11-22(12-10-21)8-7-19(24)23-13-14-25-18(15-23)16-3-5-17(20)6-4-16/h3-6,18H,2,7-15H2,1H3/t18-/m0/s1. The monoisotopic (exact) mass is 349 g/mol. The summed E-state index contributed by atoms with van der Waals surface area (Å²) in [5, 5.41) is 0. The number of likely N-dealkylation sites (N-methyl/N-ethyl adjacent to an activating group) is 1. The van der Waals surface area contributed by atoms with Crippen LogP contribution >= 0.6 is 0 Å². The number of ether oxygens (including phenoxy) is 1. The molecule has 0 N–H and O–H groups in total. The first-order valence-corrected chi connectivity index (χ1v) is 9.25. The topological polar surface area (TPSA) is 36.0 Å². The van der Waals surface area contributed by atoms with Gasteiger partial charge in [-0.15, -0.1) is 0 Å². The van der Waals surface area contributed by atoms with Gasteiger partial charge in [0, 0.05) is 45.7 Å². The average Bonchev–Trinajstić information content (AvgIpc) is 2.67. The van der Waals surface area contributed by atoms with Crippen LogP contribution in [-0.4, -0.2) is 79.6 Å². The molecule has 1 aromatic carbocycles. The molecule has 2 aliphatic heterocycles. The quantitative estimate of drug-likeness (QED) is 0.812. The Kier molecular flexibility index (Phi) is 6.39. The Hall–Kier alpha value is -1.50. The van der Waals surface area contributed by atoms with Gasteiger partial charge in [0.1, 0.15) is 11.9 Å². The van der Waals surface area contributed by atoms with Crippen LogP contribution in [0.1, 0.15) is 25.0 Å². The Balaban J connectivity index is 1.46. The fourth-order valence-electron chi connectivity index (χ4n) is 3.50. The third kappa shape index (κ3) is 5.00. The summed E-state index contributed by atoms with van der Waals surface area (Å²) in [6, 6.07) is 6.35. The van der Waals surface area contributed by atoms with Crippen molar-refractivity contribution in [3.8, 4) is 0 Å². The van der Waals surface area contributed by atoms with Crippen molar-refractivity contribution < 1.29 is 13.9 Å². The lowest BCUT2D eigenvalue weighted by Crippen LogP contribution is -2.48. The van der Waals surface area contributed by atoms with Crippen LogP contribution in [0.3, 0.4) is 0 Å². The minimum absolute atomic E-state index is 0.161. The molecule has 0 aromatic heterocycles. The molecule has 0 saturated carbocycles. The van der Waals surface area contributed by atoms with Gasteiger partial charge < -0.3 is 19.4 Å². The zero-order chi connectivity index (χ0) is 17.6. The van der Waals surface area contributed by atoms with Gasteiger partial charge in [-0.3, -0.25) is 4.79 Å². The van der Waals surface area contributed by atoms with E-state index in [0.29, 0.717) is 26.1 Å². The molecule has 1 atom stereocenters. The minimum Gasteiger partial charge on any atom is -0.370 e. The molecule has 2 saturated heterocycles. The molecular formula is C19H28FN3O2. The first-order valence-electron chi connectivity index (χ1n) is 9.25. The third-order valence-electron chi connectivity index (χ3n) is 5.21. The van der Waals surface area contributed by atoms with E-state index in [4.69, 9.17) is 4.74 Å². The van der Waals surface area contributed by atoms with Crippen molar-refractivity contribution >= 4 is 5.91 Å². The molecule has 2 fully saturated rings. The molecule has 138 valence electrons. The van der Waals surface area contributed by atoms with Crippen LogP contribution in [0, 0.1) is 5.82 Å². The highest BCUT2D eigenvalue weighted by Gasteiger charge is 2.26. The zero-order valence-corrected chi connectivity index (χ0v) is 15.0. The summed E-state index contributed by atoms with van der Waals surface area (Å²) in [5.74, 6) is -0.0657. The Morgan fingerprint density at radius 2 is 1.80 bits per heavy atom. The highest BCUT2D eigenvalue weighted by atomic mass is 19.1. The van der Waals surface area contributed by atoms with Crippen molar-refractivity contribution in [3.63, 3.8) is 0 Å². The number of carbonyl (C=O) groups excluding carboxylic acids is 1. The van der Waals surface area contributed by atoms with E-state index in [1.54, 1.807) is 12.1 Å². The van der Waals surface area contributed by atoms with Crippen LogP contribution in [0.5, 0.6) is 0 Å². The minimum atomic E-state index is -0.254. The second kappa shape index (κ2) is 8.74. The molecule has 1 aromatic rings. The molecule has 0 spiro atoms. The lowest BCUT2D eigenvalue weighted by molar-refractivity contribution is -0.139. The highest BCUT2D eigenvalue weighted by molar-refractivity contribution is 5.76. The number of carbonyl (C=O) groups is 1. The third-order valence-corrected chi connectivity index (χ3v) is 5.21. The lowest BCUT2D eigenvalue weighted by Gasteiger charge is -2.35. The molecule has 5 nitrogen and oxygen atoms in total. The molecular weight excluding hydrogens is 321 g/mol. The normalized spacial score (nSPS) is 23.0. The Morgan fingerprint density at radius 1 is 1.12 bits per heavy atom. The molecule has 2 heterocycles. The SMILES string of the molecule is CCN1CCN(CCC(=O)N2CCO[C@H](c3ccc(F)cc3)C2)CC1. The number of rotatable bonds is 5. The first-order chi connectivity index (χ1) is 12.2. The Bertz CT molecular complexity index is 558. The summed E-state index contributed by atoms with van der Waals surface area (Å²) >= 11 is 0. The molecule has 3 rings (SSSR count). The number of amides is 1. The van der Waals surface area contributed by atoms with Crippen molar-refractivity contribution in [3.05, 3.63) is 35.6 Å². The lowest BCUT2D eigenvalue weighted by atomic mass is 10.1. The number of benzene rings is 1. The van der Waals surface area contributed by atoms with Crippen molar-refractivity contribution in [1.29, 1.82) is 0 Å². The van der Waals surface area contributed by atoms with Gasteiger partial charge >= 0.3 is 0 Å². The van der Waals surface area contributed by atoms with Crippen LogP contribution in [-0.2, 0) is 9.53 Å². The number of morpholine rings is 1. The number of hydrogen-bond acceptors (Lipinski definition) is 4. The van der Waals surface area contributed by atoms with Crippen LogP contribution in [0.15, 0.2) is 24.3 Å². The Labute approximate surface area is 149 Å². The summed E-state index contributed by atoms with van der Waals surface area (Å²) in [6.45, 7) is 10.1. The molecule has 0 bridgehead atoms. The predicted octanol–water partition coefficient (Wildman–Crippen LogP) is 1.75. The summed E-state index contributed by atoms with van der Waals surface area (Å²) in [4.78, 5) is 19.3. The van der Waals surface area contributed by atoms with E-state index in [1.165, 1.54) is 12.1 Å². The Morgan fingerprint density at radius 3 is 2.48 bits per heavy atom. The number of piperazine rings is 1. The summed E-state index contributed by atoms with van der Waals surface area (Å²) < 4.78 is 18.8. The van der Waals surface area contributed by atoms with E-state index >= 15 is 0 Å². The van der Waals surface area contributed by atoms with Crippen molar-refractivity contribution in [2.75, 3.05) is 59.0 Å². The van der Waals surface area contributed by atoms with E-state index in [1.807, 2.05) is 4.90 Å². The van der Waals surface area contributed by atoms with Crippen molar-refractivity contribution in [1.82, 2.24) is 14.7 Å². The van der Waals surface area contributed by atoms with Crippen molar-refractivity contribution in [2.24, 2.45) is 0 Å². The largest absolute Gasteiger partial charge is 0.370 e. The van der Waals surface area contributed by atoms with Gasteiger partial charge in [-0.1, -0.05) is 19.1 Å². The summed E-state index contributed by atoms with van der Waals surface area (Å²) in [5.41, 5.74) is 0.926. The second-order valence-electron chi connectivity index (χ2n) is 6.78. The first kappa shape index (κ1) is 18.3. The van der Waals surface area contributed by atoms with Crippen LogP contribution in [0.2, 0.25) is 0 Å². The molecule has 0 radical (unpaired) electrons. The number of halogens is 1. The number of hydrogen-bond donors (Lipinski definition) is 0.